The summed E-state index contributed by atoms with van der Waals surface area (Å²) in [5, 5.41) is 0. The maximum atomic E-state index is 11.7. The van der Waals surface area contributed by atoms with Gasteiger partial charge in [0.05, 0.1) is 12.5 Å². The summed E-state index contributed by atoms with van der Waals surface area (Å²) in [7, 11) is 2.93. The maximum absolute atomic E-state index is 11.7. The zero-order chi connectivity index (χ0) is 13.9. The standard InChI is InChI=1S/C12H23NO4/c1-11(2,3)17-10(15)13(6)8-12(4,5)9(14)16-7/h8H2,1-7H3. The average Bonchev–Trinajstić information content (AvgIpc) is 2.12. The van der Waals surface area contributed by atoms with Crippen LogP contribution in [0.25, 0.3) is 0 Å². The quantitative estimate of drug-likeness (QED) is 0.714. The van der Waals surface area contributed by atoms with Gasteiger partial charge in [-0.25, -0.2) is 4.79 Å². The Hall–Kier alpha value is -1.26. The average molecular weight is 245 g/mol. The van der Waals surface area contributed by atoms with Gasteiger partial charge in [0.15, 0.2) is 0 Å². The second-order valence-electron chi connectivity index (χ2n) is 5.71. The molecular formula is C12H23NO4. The summed E-state index contributed by atoms with van der Waals surface area (Å²) in [6.07, 6.45) is -0.450. The molecule has 0 saturated carbocycles. The van der Waals surface area contributed by atoms with E-state index in [1.165, 1.54) is 12.0 Å². The van der Waals surface area contributed by atoms with Crippen LogP contribution in [-0.4, -0.2) is 43.3 Å². The van der Waals surface area contributed by atoms with Crippen molar-refractivity contribution in [1.29, 1.82) is 0 Å². The van der Waals surface area contributed by atoms with Crippen molar-refractivity contribution in [3.8, 4) is 0 Å². The molecular weight excluding hydrogens is 222 g/mol. The van der Waals surface area contributed by atoms with E-state index in [2.05, 4.69) is 4.74 Å². The number of hydrogen-bond acceptors (Lipinski definition) is 4. The van der Waals surface area contributed by atoms with Crippen LogP contribution in [0.4, 0.5) is 4.79 Å². The number of amides is 1. The van der Waals surface area contributed by atoms with Gasteiger partial charge in [0, 0.05) is 13.6 Å². The normalized spacial score (nSPS) is 11.9. The maximum Gasteiger partial charge on any atom is 0.410 e. The molecule has 0 spiro atoms. The lowest BCUT2D eigenvalue weighted by molar-refractivity contribution is -0.151. The predicted octanol–water partition coefficient (Wildman–Crippen LogP) is 2.05. The van der Waals surface area contributed by atoms with E-state index in [0.717, 1.165) is 0 Å². The van der Waals surface area contributed by atoms with Crippen molar-refractivity contribution < 1.29 is 19.1 Å². The van der Waals surface area contributed by atoms with Gasteiger partial charge in [-0.1, -0.05) is 0 Å². The highest BCUT2D eigenvalue weighted by Crippen LogP contribution is 2.19. The Kier molecular flexibility index (Phi) is 4.98. The minimum Gasteiger partial charge on any atom is -0.469 e. The smallest absolute Gasteiger partial charge is 0.410 e. The van der Waals surface area contributed by atoms with Crippen molar-refractivity contribution in [2.24, 2.45) is 5.41 Å². The number of carbonyl (C=O) groups is 2. The van der Waals surface area contributed by atoms with Crippen LogP contribution in [0.1, 0.15) is 34.6 Å². The molecule has 0 aliphatic rings. The summed E-state index contributed by atoms with van der Waals surface area (Å²) in [6.45, 7) is 9.08. The molecule has 0 rings (SSSR count). The number of esters is 1. The van der Waals surface area contributed by atoms with Gasteiger partial charge in [-0.2, -0.15) is 0 Å². The van der Waals surface area contributed by atoms with Gasteiger partial charge in [-0.3, -0.25) is 4.79 Å². The second kappa shape index (κ2) is 5.38. The monoisotopic (exact) mass is 245 g/mol. The Morgan fingerprint density at radius 1 is 1.12 bits per heavy atom. The van der Waals surface area contributed by atoms with Gasteiger partial charge >= 0.3 is 12.1 Å². The first kappa shape index (κ1) is 15.7. The highest BCUT2D eigenvalue weighted by molar-refractivity contribution is 5.77. The lowest BCUT2D eigenvalue weighted by atomic mass is 9.93. The highest BCUT2D eigenvalue weighted by Gasteiger charge is 2.32. The summed E-state index contributed by atoms with van der Waals surface area (Å²) in [5.74, 6) is -0.354. The highest BCUT2D eigenvalue weighted by atomic mass is 16.6. The topological polar surface area (TPSA) is 55.8 Å². The first-order chi connectivity index (χ1) is 7.49. The molecule has 0 radical (unpaired) electrons. The van der Waals surface area contributed by atoms with Gasteiger partial charge in [-0.15, -0.1) is 0 Å². The van der Waals surface area contributed by atoms with E-state index >= 15 is 0 Å². The van der Waals surface area contributed by atoms with Crippen molar-refractivity contribution in [2.45, 2.75) is 40.2 Å². The zero-order valence-corrected chi connectivity index (χ0v) is 11.8. The molecule has 0 bridgehead atoms. The minimum absolute atomic E-state index is 0.245. The number of nitrogens with zero attached hydrogens (tertiary/aromatic N) is 1. The lowest BCUT2D eigenvalue weighted by Gasteiger charge is -2.30. The number of carbonyl (C=O) groups excluding carboxylic acids is 2. The Morgan fingerprint density at radius 3 is 1.94 bits per heavy atom. The van der Waals surface area contributed by atoms with E-state index in [9.17, 15) is 9.59 Å². The van der Waals surface area contributed by atoms with Crippen LogP contribution in [0.3, 0.4) is 0 Å². The van der Waals surface area contributed by atoms with Gasteiger partial charge in [0.2, 0.25) is 0 Å². The molecule has 1 amide bonds. The molecule has 0 aromatic rings. The zero-order valence-electron chi connectivity index (χ0n) is 11.8. The third-order valence-electron chi connectivity index (χ3n) is 2.08. The molecule has 0 N–H and O–H groups in total. The van der Waals surface area contributed by atoms with Gasteiger partial charge in [0.25, 0.3) is 0 Å². The van der Waals surface area contributed by atoms with Crippen molar-refractivity contribution in [1.82, 2.24) is 4.90 Å². The van der Waals surface area contributed by atoms with Crippen molar-refractivity contribution in [3.63, 3.8) is 0 Å². The molecule has 0 saturated heterocycles. The molecule has 17 heavy (non-hydrogen) atoms. The SMILES string of the molecule is COC(=O)C(C)(C)CN(C)C(=O)OC(C)(C)C. The molecule has 0 atom stereocenters. The van der Waals surface area contributed by atoms with E-state index in [1.54, 1.807) is 41.7 Å². The summed E-state index contributed by atoms with van der Waals surface area (Å²) in [5.41, 5.74) is -1.29. The fourth-order valence-corrected chi connectivity index (χ4v) is 1.34. The first-order valence-corrected chi connectivity index (χ1v) is 5.52. The number of rotatable bonds is 3. The molecule has 0 fully saturated rings. The van der Waals surface area contributed by atoms with Crippen LogP contribution in [0, 0.1) is 5.41 Å². The van der Waals surface area contributed by atoms with Gasteiger partial charge in [-0.05, 0) is 34.6 Å². The molecule has 5 heteroatoms. The largest absolute Gasteiger partial charge is 0.469 e. The first-order valence-electron chi connectivity index (χ1n) is 5.52. The van der Waals surface area contributed by atoms with E-state index in [-0.39, 0.29) is 12.5 Å². The van der Waals surface area contributed by atoms with Crippen LogP contribution in [0.2, 0.25) is 0 Å². The molecule has 5 nitrogen and oxygen atoms in total. The van der Waals surface area contributed by atoms with Crippen LogP contribution in [0.5, 0.6) is 0 Å². The molecule has 0 aliphatic heterocycles. The fourth-order valence-electron chi connectivity index (χ4n) is 1.34. The Bertz CT molecular complexity index is 291. The van der Waals surface area contributed by atoms with Crippen LogP contribution in [-0.2, 0) is 14.3 Å². The van der Waals surface area contributed by atoms with Crippen molar-refractivity contribution in [3.05, 3.63) is 0 Å². The summed E-state index contributed by atoms with van der Waals surface area (Å²) in [6, 6.07) is 0. The third-order valence-corrected chi connectivity index (χ3v) is 2.08. The molecule has 0 aliphatic carbocycles. The minimum atomic E-state index is -0.750. The Morgan fingerprint density at radius 2 is 1.59 bits per heavy atom. The van der Waals surface area contributed by atoms with Crippen LogP contribution in [0.15, 0.2) is 0 Å². The van der Waals surface area contributed by atoms with Gasteiger partial charge in [0.1, 0.15) is 5.60 Å². The predicted molar refractivity (Wildman–Crippen MR) is 64.7 cm³/mol. The van der Waals surface area contributed by atoms with E-state index in [0.29, 0.717) is 0 Å². The van der Waals surface area contributed by atoms with Crippen molar-refractivity contribution in [2.75, 3.05) is 20.7 Å². The lowest BCUT2D eigenvalue weighted by Crippen LogP contribution is -2.42. The number of hydrogen-bond donors (Lipinski definition) is 0. The number of ether oxygens (including phenoxy) is 2. The third kappa shape index (κ3) is 5.56. The molecule has 0 aromatic heterocycles. The molecule has 0 unspecified atom stereocenters. The molecule has 0 aromatic carbocycles. The van der Waals surface area contributed by atoms with Crippen LogP contribution < -0.4 is 0 Å². The van der Waals surface area contributed by atoms with Crippen molar-refractivity contribution >= 4 is 12.1 Å². The Labute approximate surface area is 103 Å². The summed E-state index contributed by atoms with van der Waals surface area (Å²) in [4.78, 5) is 24.6. The van der Waals surface area contributed by atoms with E-state index in [4.69, 9.17) is 4.74 Å². The van der Waals surface area contributed by atoms with Crippen LogP contribution >= 0.6 is 0 Å². The van der Waals surface area contributed by atoms with E-state index in [1.807, 2.05) is 0 Å². The fraction of sp³-hybridized carbons (Fsp3) is 0.833. The number of methoxy groups -OCH3 is 1. The van der Waals surface area contributed by atoms with Gasteiger partial charge < -0.3 is 14.4 Å². The van der Waals surface area contributed by atoms with E-state index < -0.39 is 17.1 Å². The second-order valence-corrected chi connectivity index (χ2v) is 5.71. The molecule has 100 valence electrons. The summed E-state index contributed by atoms with van der Waals surface area (Å²) >= 11 is 0. The summed E-state index contributed by atoms with van der Waals surface area (Å²) < 4.78 is 9.87. The Balaban J connectivity index is 4.49. The molecule has 0 heterocycles.